The van der Waals surface area contributed by atoms with Crippen LogP contribution in [0.3, 0.4) is 0 Å². The molecule has 0 aliphatic rings. The molecule has 6 aromatic carbocycles. The Labute approximate surface area is 408 Å². The standard InChI is InChI=1S/C60H64N3O.Pt/c1-37(2)29-40-21-26-54(51(30-40)42-17-14-13-15-18-42)63-55-20-16-19-49(56(55)62-58(63)52-35-44(38(3)4)34-50(39(5)6)57(52)64)45-31-46(33-48(32-45)60(10,11)12)53-36-43(27-28-61-53)41-22-24-47(25-23-41)59(7,8)9;/h13-28,30,32-39,64H,29H2,1-12H3;/q-1;/i22D,23D,24D,25D;. The van der Waals surface area contributed by atoms with Gasteiger partial charge >= 0.3 is 0 Å². The normalized spacial score (nSPS) is 13.0. The molecule has 0 unspecified atom stereocenters. The van der Waals surface area contributed by atoms with Crippen molar-refractivity contribution < 1.29 is 31.7 Å². The van der Waals surface area contributed by atoms with Crippen LogP contribution in [0.2, 0.25) is 0 Å². The quantitative estimate of drug-likeness (QED) is 0.139. The maximum Gasteiger partial charge on any atom is 0.148 e. The Morgan fingerprint density at radius 3 is 1.98 bits per heavy atom. The maximum atomic E-state index is 12.3. The van der Waals surface area contributed by atoms with Crippen LogP contribution in [0.25, 0.3) is 72.7 Å². The number of rotatable bonds is 10. The van der Waals surface area contributed by atoms with Gasteiger partial charge in [0.1, 0.15) is 11.6 Å². The molecule has 0 fully saturated rings. The fourth-order valence-corrected chi connectivity index (χ4v) is 8.44. The van der Waals surface area contributed by atoms with Gasteiger partial charge in [0.25, 0.3) is 0 Å². The minimum Gasteiger partial charge on any atom is -0.507 e. The molecule has 0 saturated heterocycles. The molecule has 0 aliphatic carbocycles. The summed E-state index contributed by atoms with van der Waals surface area (Å²) in [5.74, 6) is 1.62. The van der Waals surface area contributed by atoms with Gasteiger partial charge in [0.2, 0.25) is 0 Å². The van der Waals surface area contributed by atoms with Crippen LogP contribution in [0.1, 0.15) is 128 Å². The summed E-state index contributed by atoms with van der Waals surface area (Å²) in [6.45, 7) is 25.4. The Hall–Kier alpha value is -5.57. The summed E-state index contributed by atoms with van der Waals surface area (Å²) >= 11 is 0. The molecule has 0 saturated carbocycles. The molecule has 5 heteroatoms. The maximum absolute atomic E-state index is 12.3. The second-order valence-corrected chi connectivity index (χ2v) is 20.5. The van der Waals surface area contributed by atoms with Crippen molar-refractivity contribution in [2.24, 2.45) is 5.92 Å². The first-order valence-electron chi connectivity index (χ1n) is 24.8. The third kappa shape index (κ3) is 9.85. The van der Waals surface area contributed by atoms with E-state index in [0.717, 1.165) is 67.6 Å². The number of imidazole rings is 1. The van der Waals surface area contributed by atoms with Gasteiger partial charge in [-0.15, -0.1) is 29.3 Å². The zero-order valence-corrected chi connectivity index (χ0v) is 42.2. The Morgan fingerprint density at radius 2 is 1.34 bits per heavy atom. The summed E-state index contributed by atoms with van der Waals surface area (Å²) in [4.78, 5) is 10.4. The third-order valence-corrected chi connectivity index (χ3v) is 12.1. The number of phenolic OH excluding ortho intramolecular Hbond substituents is 1. The molecule has 336 valence electrons. The van der Waals surface area contributed by atoms with Gasteiger partial charge in [0.15, 0.2) is 0 Å². The molecule has 8 rings (SSSR count). The fourth-order valence-electron chi connectivity index (χ4n) is 8.44. The third-order valence-electron chi connectivity index (χ3n) is 12.1. The van der Waals surface area contributed by atoms with Crippen molar-refractivity contribution in [1.29, 1.82) is 0 Å². The summed E-state index contributed by atoms with van der Waals surface area (Å²) in [7, 11) is 0. The Balaban J connectivity index is 0.00000703. The van der Waals surface area contributed by atoms with Gasteiger partial charge in [-0.3, -0.25) is 9.55 Å². The van der Waals surface area contributed by atoms with Crippen molar-refractivity contribution in [2.45, 2.75) is 112 Å². The predicted octanol–water partition coefficient (Wildman–Crippen LogP) is 16.3. The molecule has 1 N–H and O–H groups in total. The summed E-state index contributed by atoms with van der Waals surface area (Å²) in [5, 5.41) is 12.3. The smallest absolute Gasteiger partial charge is 0.148 e. The molecule has 0 spiro atoms. The number of nitrogens with zero attached hydrogens (tertiary/aromatic N) is 3. The number of para-hydroxylation sites is 1. The van der Waals surface area contributed by atoms with Crippen LogP contribution in [0.5, 0.6) is 5.75 Å². The number of fused-ring (bicyclic) bond motifs is 1. The molecule has 2 aromatic heterocycles. The molecule has 0 amide bonds. The van der Waals surface area contributed by atoms with E-state index in [1.807, 2.05) is 32.9 Å². The number of hydrogen-bond donors (Lipinski definition) is 1. The summed E-state index contributed by atoms with van der Waals surface area (Å²) in [6.07, 6.45) is 2.60. The van der Waals surface area contributed by atoms with Crippen molar-refractivity contribution in [3.8, 4) is 67.5 Å². The van der Waals surface area contributed by atoms with Gasteiger partial charge in [-0.05, 0) is 104 Å². The Kier molecular flexibility index (Phi) is 12.1. The summed E-state index contributed by atoms with van der Waals surface area (Å²) in [6, 6.07) is 39.2. The average Bonchev–Trinajstić information content (AvgIpc) is 3.67. The largest absolute Gasteiger partial charge is 0.507 e. The number of aromatic hydroxyl groups is 1. The molecule has 65 heavy (non-hydrogen) atoms. The monoisotopic (exact) mass is 1040 g/mol. The zero-order valence-electron chi connectivity index (χ0n) is 43.9. The van der Waals surface area contributed by atoms with Crippen LogP contribution in [-0.4, -0.2) is 19.6 Å². The second kappa shape index (κ2) is 18.7. The molecule has 0 bridgehead atoms. The summed E-state index contributed by atoms with van der Waals surface area (Å²) in [5.41, 5.74) is 13.1. The number of pyridine rings is 1. The zero-order chi connectivity index (χ0) is 49.1. The Morgan fingerprint density at radius 1 is 0.646 bits per heavy atom. The minimum absolute atomic E-state index is 0. The van der Waals surface area contributed by atoms with Crippen molar-refractivity contribution in [1.82, 2.24) is 14.5 Å². The first-order valence-corrected chi connectivity index (χ1v) is 22.8. The number of benzene rings is 6. The van der Waals surface area contributed by atoms with Gasteiger partial charge in [-0.25, -0.2) is 4.98 Å². The van der Waals surface area contributed by atoms with Crippen LogP contribution in [0, 0.1) is 12.0 Å². The van der Waals surface area contributed by atoms with E-state index >= 15 is 0 Å². The van der Waals surface area contributed by atoms with Crippen molar-refractivity contribution in [3.63, 3.8) is 0 Å². The van der Waals surface area contributed by atoms with E-state index < -0.39 is 5.41 Å². The van der Waals surface area contributed by atoms with Gasteiger partial charge in [0, 0.05) is 38.5 Å². The van der Waals surface area contributed by atoms with Crippen molar-refractivity contribution in [3.05, 3.63) is 167 Å². The summed E-state index contributed by atoms with van der Waals surface area (Å²) < 4.78 is 38.3. The van der Waals surface area contributed by atoms with Crippen LogP contribution < -0.4 is 0 Å². The van der Waals surface area contributed by atoms with E-state index in [-0.39, 0.29) is 73.8 Å². The molecule has 0 atom stereocenters. The molecule has 4 nitrogen and oxygen atoms in total. The molecule has 0 aliphatic heterocycles. The van der Waals surface area contributed by atoms with Gasteiger partial charge in [-0.2, -0.15) is 0 Å². The first-order chi connectivity index (χ1) is 32.0. The SMILES string of the molecule is [2H]c1c([2H])c(C(C)(C)C)c([2H])c([2H])c1-c1ccnc(-c2[c-]c(-c3cccc4c3nc(-c3cc(C(C)C)cc(C(C)C)c3O)n4-c3ccc(CC(C)C)cc3-c3ccccc3)cc(C(C)(C)C)c2)c1.[Pt]. The van der Waals surface area contributed by atoms with E-state index in [4.69, 9.17) is 15.5 Å². The molecule has 8 aromatic rings. The topological polar surface area (TPSA) is 50.9 Å². The van der Waals surface area contributed by atoms with E-state index in [1.165, 1.54) is 5.56 Å². The molecule has 2 heterocycles. The van der Waals surface area contributed by atoms with Crippen LogP contribution in [-0.2, 0) is 38.3 Å². The van der Waals surface area contributed by atoms with Crippen LogP contribution in [0.4, 0.5) is 0 Å². The van der Waals surface area contributed by atoms with Crippen molar-refractivity contribution in [2.75, 3.05) is 0 Å². The molecular formula is C60H64N3OPt-. The van der Waals surface area contributed by atoms with E-state index in [1.54, 1.807) is 12.3 Å². The minimum atomic E-state index is -0.572. The number of hydrogen-bond acceptors (Lipinski definition) is 3. The molecular weight excluding hydrogens is 974 g/mol. The van der Waals surface area contributed by atoms with Gasteiger partial charge < -0.3 is 5.11 Å². The predicted molar refractivity (Wildman–Crippen MR) is 271 cm³/mol. The van der Waals surface area contributed by atoms with Gasteiger partial charge in [-0.1, -0.05) is 179 Å². The van der Waals surface area contributed by atoms with E-state index in [2.05, 4.69) is 158 Å². The van der Waals surface area contributed by atoms with Crippen molar-refractivity contribution >= 4 is 11.0 Å². The molecule has 0 radical (unpaired) electrons. The Bertz CT molecular complexity index is 3180. The fraction of sp³-hybridized carbons (Fsp3) is 0.300. The van der Waals surface area contributed by atoms with Crippen LogP contribution in [0.15, 0.2) is 133 Å². The van der Waals surface area contributed by atoms with E-state index in [0.29, 0.717) is 34.1 Å². The second-order valence-electron chi connectivity index (χ2n) is 20.5. The van der Waals surface area contributed by atoms with Crippen LogP contribution >= 0.6 is 0 Å². The van der Waals surface area contributed by atoms with E-state index in [9.17, 15) is 5.11 Å². The average molecular weight is 1040 g/mol. The number of aromatic nitrogens is 3. The number of phenols is 1. The van der Waals surface area contributed by atoms with Gasteiger partial charge in [0.05, 0.1) is 27.8 Å². The first kappa shape index (κ1) is 42.1.